The standard InChI is InChI=1S/C8H12O3/c1-5-3-6(9)8(2,11)7(10)4-5/h3,7,10-11H,4H2,1-2H3/t7-,8+/m0/s1. The van der Waals surface area contributed by atoms with Crippen LogP contribution in [-0.4, -0.2) is 27.7 Å². The van der Waals surface area contributed by atoms with Crippen LogP contribution in [0.15, 0.2) is 11.6 Å². The van der Waals surface area contributed by atoms with Crippen LogP contribution < -0.4 is 0 Å². The van der Waals surface area contributed by atoms with Gasteiger partial charge in [-0.3, -0.25) is 4.79 Å². The van der Waals surface area contributed by atoms with Gasteiger partial charge in [-0.05, 0) is 26.3 Å². The first kappa shape index (κ1) is 8.43. The number of hydrogen-bond acceptors (Lipinski definition) is 3. The summed E-state index contributed by atoms with van der Waals surface area (Å²) in [4.78, 5) is 11.1. The van der Waals surface area contributed by atoms with Crippen molar-refractivity contribution in [2.75, 3.05) is 0 Å². The monoisotopic (exact) mass is 156 g/mol. The lowest BCUT2D eigenvalue weighted by Gasteiger charge is -2.30. The molecule has 1 rings (SSSR count). The molecule has 62 valence electrons. The van der Waals surface area contributed by atoms with Gasteiger partial charge in [0.2, 0.25) is 0 Å². The molecule has 0 saturated heterocycles. The van der Waals surface area contributed by atoms with E-state index < -0.39 is 17.5 Å². The van der Waals surface area contributed by atoms with Gasteiger partial charge in [0, 0.05) is 0 Å². The summed E-state index contributed by atoms with van der Waals surface area (Å²) in [5, 5.41) is 18.7. The van der Waals surface area contributed by atoms with Gasteiger partial charge < -0.3 is 10.2 Å². The van der Waals surface area contributed by atoms with E-state index in [9.17, 15) is 15.0 Å². The van der Waals surface area contributed by atoms with Crippen molar-refractivity contribution in [3.8, 4) is 0 Å². The highest BCUT2D eigenvalue weighted by Gasteiger charge is 2.39. The molecular formula is C8H12O3. The second-order valence-corrected chi connectivity index (χ2v) is 3.22. The third kappa shape index (κ3) is 1.34. The van der Waals surface area contributed by atoms with E-state index in [1.807, 2.05) is 0 Å². The molecule has 0 aliphatic heterocycles. The number of aliphatic hydroxyl groups excluding tert-OH is 1. The van der Waals surface area contributed by atoms with Gasteiger partial charge in [-0.25, -0.2) is 0 Å². The maximum Gasteiger partial charge on any atom is 0.189 e. The summed E-state index contributed by atoms with van der Waals surface area (Å²) in [5.74, 6) is -0.409. The minimum atomic E-state index is -1.58. The molecule has 2 N–H and O–H groups in total. The number of hydrogen-bond donors (Lipinski definition) is 2. The van der Waals surface area contributed by atoms with E-state index >= 15 is 0 Å². The molecule has 2 atom stereocenters. The summed E-state index contributed by atoms with van der Waals surface area (Å²) in [6.07, 6.45) is 0.797. The fraction of sp³-hybridized carbons (Fsp3) is 0.625. The van der Waals surface area contributed by atoms with E-state index in [1.54, 1.807) is 6.92 Å². The SMILES string of the molecule is CC1=CC(=O)[C@@](C)(O)[C@@H](O)C1. The van der Waals surface area contributed by atoms with Gasteiger partial charge >= 0.3 is 0 Å². The van der Waals surface area contributed by atoms with Crippen molar-refractivity contribution >= 4 is 5.78 Å². The number of carbonyl (C=O) groups excluding carboxylic acids is 1. The Kier molecular flexibility index (Phi) is 1.86. The summed E-state index contributed by atoms with van der Waals surface area (Å²) < 4.78 is 0. The first-order valence-electron chi connectivity index (χ1n) is 3.56. The maximum atomic E-state index is 11.1. The molecule has 0 amide bonds. The first-order valence-corrected chi connectivity index (χ1v) is 3.56. The largest absolute Gasteiger partial charge is 0.389 e. The molecule has 0 radical (unpaired) electrons. The van der Waals surface area contributed by atoms with Crippen LogP contribution in [0.1, 0.15) is 20.3 Å². The van der Waals surface area contributed by atoms with E-state index in [1.165, 1.54) is 13.0 Å². The molecule has 0 aromatic carbocycles. The zero-order valence-electron chi connectivity index (χ0n) is 6.66. The molecule has 3 nitrogen and oxygen atoms in total. The highest BCUT2D eigenvalue weighted by atomic mass is 16.3. The third-order valence-corrected chi connectivity index (χ3v) is 2.04. The fourth-order valence-corrected chi connectivity index (χ4v) is 1.10. The highest BCUT2D eigenvalue weighted by molar-refractivity contribution is 5.98. The Labute approximate surface area is 65.3 Å². The Morgan fingerprint density at radius 3 is 2.73 bits per heavy atom. The maximum absolute atomic E-state index is 11.1. The number of ketones is 1. The molecule has 0 unspecified atom stereocenters. The summed E-state index contributed by atoms with van der Waals surface area (Å²) in [7, 11) is 0. The van der Waals surface area contributed by atoms with Crippen LogP contribution in [0, 0.1) is 0 Å². The molecule has 0 aromatic rings. The molecule has 0 saturated carbocycles. The lowest BCUT2D eigenvalue weighted by Crippen LogP contribution is -2.48. The Hall–Kier alpha value is -0.670. The van der Waals surface area contributed by atoms with Crippen LogP contribution >= 0.6 is 0 Å². The Morgan fingerprint density at radius 2 is 2.27 bits per heavy atom. The van der Waals surface area contributed by atoms with Crippen molar-refractivity contribution < 1.29 is 15.0 Å². The predicted molar refractivity (Wildman–Crippen MR) is 40.0 cm³/mol. The van der Waals surface area contributed by atoms with Crippen LogP contribution in [-0.2, 0) is 4.79 Å². The molecule has 1 aliphatic carbocycles. The van der Waals surface area contributed by atoms with Crippen molar-refractivity contribution in [3.05, 3.63) is 11.6 Å². The van der Waals surface area contributed by atoms with Gasteiger partial charge in [-0.1, -0.05) is 5.57 Å². The molecule has 0 heterocycles. The van der Waals surface area contributed by atoms with E-state index in [0.717, 1.165) is 5.57 Å². The van der Waals surface area contributed by atoms with E-state index in [-0.39, 0.29) is 0 Å². The van der Waals surface area contributed by atoms with Crippen LogP contribution in [0.25, 0.3) is 0 Å². The van der Waals surface area contributed by atoms with Crippen molar-refractivity contribution in [2.45, 2.75) is 32.0 Å². The minimum Gasteiger partial charge on any atom is -0.389 e. The molecule has 1 aliphatic rings. The molecular weight excluding hydrogens is 144 g/mol. The molecule has 11 heavy (non-hydrogen) atoms. The molecule has 0 bridgehead atoms. The van der Waals surface area contributed by atoms with Gasteiger partial charge in [-0.2, -0.15) is 0 Å². The molecule has 0 spiro atoms. The summed E-state index contributed by atoms with van der Waals surface area (Å²) >= 11 is 0. The number of carbonyl (C=O) groups is 1. The van der Waals surface area contributed by atoms with Gasteiger partial charge in [0.25, 0.3) is 0 Å². The number of rotatable bonds is 0. The van der Waals surface area contributed by atoms with Gasteiger partial charge in [0.05, 0.1) is 6.10 Å². The van der Waals surface area contributed by atoms with E-state index in [4.69, 9.17) is 0 Å². The highest BCUT2D eigenvalue weighted by Crippen LogP contribution is 2.24. The van der Waals surface area contributed by atoms with Crippen molar-refractivity contribution in [1.29, 1.82) is 0 Å². The Bertz CT molecular complexity index is 215. The summed E-state index contributed by atoms with van der Waals surface area (Å²) in [6.45, 7) is 3.10. The van der Waals surface area contributed by atoms with Crippen molar-refractivity contribution in [2.24, 2.45) is 0 Å². The quantitative estimate of drug-likeness (QED) is 0.519. The lowest BCUT2D eigenvalue weighted by molar-refractivity contribution is -0.143. The zero-order chi connectivity index (χ0) is 8.65. The van der Waals surface area contributed by atoms with Gasteiger partial charge in [0.1, 0.15) is 5.60 Å². The predicted octanol–water partition coefficient (Wildman–Crippen LogP) is 0.0174. The van der Waals surface area contributed by atoms with Gasteiger partial charge in [0.15, 0.2) is 5.78 Å². The number of aliphatic hydroxyl groups is 2. The van der Waals surface area contributed by atoms with Crippen LogP contribution in [0.4, 0.5) is 0 Å². The van der Waals surface area contributed by atoms with Crippen LogP contribution in [0.2, 0.25) is 0 Å². The first-order chi connectivity index (χ1) is 4.94. The zero-order valence-corrected chi connectivity index (χ0v) is 6.66. The van der Waals surface area contributed by atoms with Crippen molar-refractivity contribution in [1.82, 2.24) is 0 Å². The van der Waals surface area contributed by atoms with Crippen LogP contribution in [0.5, 0.6) is 0 Å². The molecule has 0 fully saturated rings. The second kappa shape index (κ2) is 2.43. The third-order valence-electron chi connectivity index (χ3n) is 2.04. The van der Waals surface area contributed by atoms with Crippen LogP contribution in [0.3, 0.4) is 0 Å². The van der Waals surface area contributed by atoms with E-state index in [2.05, 4.69) is 0 Å². The topological polar surface area (TPSA) is 57.5 Å². The normalized spacial score (nSPS) is 38.7. The van der Waals surface area contributed by atoms with Crippen molar-refractivity contribution in [3.63, 3.8) is 0 Å². The minimum absolute atomic E-state index is 0.374. The Balaban J connectivity index is 2.96. The fourth-order valence-electron chi connectivity index (χ4n) is 1.10. The smallest absolute Gasteiger partial charge is 0.189 e. The second-order valence-electron chi connectivity index (χ2n) is 3.22. The Morgan fingerprint density at radius 1 is 1.73 bits per heavy atom. The summed E-state index contributed by atoms with van der Waals surface area (Å²) in [6, 6.07) is 0. The lowest BCUT2D eigenvalue weighted by atomic mass is 9.84. The average molecular weight is 156 g/mol. The average Bonchev–Trinajstić information content (AvgIpc) is 1.84. The molecule has 0 aromatic heterocycles. The van der Waals surface area contributed by atoms with Gasteiger partial charge in [-0.15, -0.1) is 0 Å². The summed E-state index contributed by atoms with van der Waals surface area (Å²) in [5.41, 5.74) is -0.770. The van der Waals surface area contributed by atoms with E-state index in [0.29, 0.717) is 6.42 Å². The molecule has 3 heteroatoms.